The number of H-pyrrole nitrogens is 2. The third-order valence-electron chi connectivity index (χ3n) is 6.63. The van der Waals surface area contributed by atoms with Gasteiger partial charge < -0.3 is 20.1 Å². The Kier molecular flexibility index (Phi) is 4.57. The smallest absolute Gasteiger partial charge is 0.161 e. The molecule has 0 bridgehead atoms. The molecule has 3 N–H and O–H groups in total. The molecule has 0 saturated carbocycles. The van der Waals surface area contributed by atoms with Crippen LogP contribution in [0.3, 0.4) is 0 Å². The van der Waals surface area contributed by atoms with Crippen molar-refractivity contribution in [1.82, 2.24) is 40.3 Å². The highest BCUT2D eigenvalue weighted by molar-refractivity contribution is 5.93. The van der Waals surface area contributed by atoms with Gasteiger partial charge in [0.2, 0.25) is 0 Å². The van der Waals surface area contributed by atoms with E-state index in [1.807, 2.05) is 12.4 Å². The lowest BCUT2D eigenvalue weighted by Crippen LogP contribution is -2.44. The Morgan fingerprint density at radius 2 is 1.77 bits per heavy atom. The highest BCUT2D eigenvalue weighted by Crippen LogP contribution is 2.31. The molecular formula is C22H27N9. The minimum absolute atomic E-state index is 0.497. The average molecular weight is 418 g/mol. The molecule has 0 aliphatic carbocycles. The molecule has 4 aromatic heterocycles. The zero-order chi connectivity index (χ0) is 20.8. The molecule has 0 aromatic carbocycles. The first kappa shape index (κ1) is 18.7. The summed E-state index contributed by atoms with van der Waals surface area (Å²) in [5.41, 5.74) is 6.68. The van der Waals surface area contributed by atoms with Gasteiger partial charge in [-0.2, -0.15) is 5.10 Å². The summed E-state index contributed by atoms with van der Waals surface area (Å²) in [6.45, 7) is 6.14. The fourth-order valence-electron chi connectivity index (χ4n) is 4.73. The lowest BCUT2D eigenvalue weighted by Gasteiger charge is -2.33. The summed E-state index contributed by atoms with van der Waals surface area (Å²) in [7, 11) is 2.16. The van der Waals surface area contributed by atoms with Crippen molar-refractivity contribution in [3.05, 3.63) is 30.2 Å². The predicted octanol–water partition coefficient (Wildman–Crippen LogP) is 2.12. The zero-order valence-corrected chi connectivity index (χ0v) is 17.7. The molecule has 9 heteroatoms. The second-order valence-corrected chi connectivity index (χ2v) is 8.66. The van der Waals surface area contributed by atoms with Crippen molar-refractivity contribution in [2.24, 2.45) is 0 Å². The van der Waals surface area contributed by atoms with Crippen LogP contribution in [0.2, 0.25) is 0 Å². The summed E-state index contributed by atoms with van der Waals surface area (Å²) in [6.07, 6.45) is 6.01. The number of hydrogen-bond acceptors (Lipinski definition) is 7. The first-order valence-corrected chi connectivity index (χ1v) is 11.1. The van der Waals surface area contributed by atoms with Gasteiger partial charge in [0.1, 0.15) is 11.0 Å². The van der Waals surface area contributed by atoms with E-state index in [2.05, 4.69) is 54.5 Å². The number of piperazine rings is 1. The predicted molar refractivity (Wildman–Crippen MR) is 121 cm³/mol. The summed E-state index contributed by atoms with van der Waals surface area (Å²) in [5, 5.41) is 11.1. The molecule has 160 valence electrons. The van der Waals surface area contributed by atoms with E-state index >= 15 is 0 Å². The normalized spacial score (nSPS) is 18.9. The van der Waals surface area contributed by atoms with Crippen LogP contribution in [0, 0.1) is 0 Å². The van der Waals surface area contributed by atoms with Gasteiger partial charge in [-0.1, -0.05) is 0 Å². The third-order valence-corrected chi connectivity index (χ3v) is 6.63. The molecule has 6 heterocycles. The van der Waals surface area contributed by atoms with Crippen LogP contribution in [-0.2, 0) is 0 Å². The number of nitrogens with zero attached hydrogens (tertiary/aromatic N) is 6. The van der Waals surface area contributed by atoms with Gasteiger partial charge in [-0.15, -0.1) is 0 Å². The molecule has 2 fully saturated rings. The molecule has 2 aliphatic rings. The fourth-order valence-corrected chi connectivity index (χ4v) is 4.73. The molecule has 9 nitrogen and oxygen atoms in total. The largest absolute Gasteiger partial charge is 0.366 e. The number of anilines is 1. The summed E-state index contributed by atoms with van der Waals surface area (Å²) in [5.74, 6) is 1.23. The fraction of sp³-hybridized carbons (Fsp3) is 0.455. The van der Waals surface area contributed by atoms with Crippen LogP contribution < -0.4 is 10.2 Å². The Bertz CT molecular complexity index is 1210. The van der Waals surface area contributed by atoms with Crippen molar-refractivity contribution in [2.45, 2.75) is 18.8 Å². The molecule has 0 amide bonds. The Morgan fingerprint density at radius 1 is 0.935 bits per heavy atom. The minimum Gasteiger partial charge on any atom is -0.366 e. The first-order chi connectivity index (χ1) is 15.3. The topological polar surface area (TPSA) is 102 Å². The molecule has 31 heavy (non-hydrogen) atoms. The van der Waals surface area contributed by atoms with Gasteiger partial charge in [-0.25, -0.2) is 9.97 Å². The molecule has 6 rings (SSSR count). The van der Waals surface area contributed by atoms with Gasteiger partial charge in [0.05, 0.1) is 29.1 Å². The number of hydrogen-bond donors (Lipinski definition) is 3. The zero-order valence-electron chi connectivity index (χ0n) is 17.7. The number of fused-ring (bicyclic) bond motifs is 2. The SMILES string of the molecule is CN1CCN(c2cncc3[nH]c(-c4n[nH]c5ccc(C6CCNCC6)nc45)nc23)CC1. The molecule has 0 atom stereocenters. The van der Waals surface area contributed by atoms with E-state index in [4.69, 9.17) is 9.97 Å². The van der Waals surface area contributed by atoms with E-state index in [1.54, 1.807) is 0 Å². The van der Waals surface area contributed by atoms with Gasteiger partial charge in [-0.3, -0.25) is 10.1 Å². The van der Waals surface area contributed by atoms with E-state index in [-0.39, 0.29) is 0 Å². The Balaban J connectivity index is 1.40. The maximum absolute atomic E-state index is 5.01. The van der Waals surface area contributed by atoms with E-state index in [0.29, 0.717) is 5.92 Å². The van der Waals surface area contributed by atoms with Crippen molar-refractivity contribution in [3.63, 3.8) is 0 Å². The Morgan fingerprint density at radius 3 is 2.61 bits per heavy atom. The van der Waals surface area contributed by atoms with E-state index in [0.717, 1.165) is 97.1 Å². The third kappa shape index (κ3) is 3.34. The van der Waals surface area contributed by atoms with Crippen LogP contribution in [0.1, 0.15) is 24.5 Å². The number of aromatic amines is 2. The van der Waals surface area contributed by atoms with E-state index < -0.39 is 0 Å². The second kappa shape index (κ2) is 7.58. The Hall–Kier alpha value is -3.04. The second-order valence-electron chi connectivity index (χ2n) is 8.66. The standard InChI is InChI=1S/C22H27N9/c1-30-8-10-31(11-9-30)18-13-24-12-17-19(18)27-22(26-17)21-20-16(28-29-21)3-2-15(25-20)14-4-6-23-7-5-14/h2-3,12-14,23H,4-11H2,1H3,(H,26,27)(H,28,29). The molecular weight excluding hydrogens is 390 g/mol. The minimum atomic E-state index is 0.497. The van der Waals surface area contributed by atoms with Crippen molar-refractivity contribution < 1.29 is 0 Å². The van der Waals surface area contributed by atoms with Gasteiger partial charge >= 0.3 is 0 Å². The number of pyridine rings is 2. The molecule has 0 radical (unpaired) electrons. The molecule has 0 unspecified atom stereocenters. The number of piperidine rings is 1. The molecule has 2 saturated heterocycles. The lowest BCUT2D eigenvalue weighted by atomic mass is 9.94. The van der Waals surface area contributed by atoms with Crippen LogP contribution in [0.5, 0.6) is 0 Å². The van der Waals surface area contributed by atoms with Crippen LogP contribution in [0.25, 0.3) is 33.6 Å². The maximum Gasteiger partial charge on any atom is 0.161 e. The number of imidazole rings is 1. The number of nitrogens with one attached hydrogen (secondary N) is 3. The summed E-state index contributed by atoms with van der Waals surface area (Å²) in [6, 6.07) is 4.23. The average Bonchev–Trinajstić information content (AvgIpc) is 3.43. The summed E-state index contributed by atoms with van der Waals surface area (Å²) < 4.78 is 0. The number of aromatic nitrogens is 6. The van der Waals surface area contributed by atoms with Gasteiger partial charge in [-0.05, 0) is 45.1 Å². The van der Waals surface area contributed by atoms with Crippen molar-refractivity contribution in [1.29, 1.82) is 0 Å². The Labute approximate surface area is 180 Å². The highest BCUT2D eigenvalue weighted by atomic mass is 15.3. The highest BCUT2D eigenvalue weighted by Gasteiger charge is 2.22. The van der Waals surface area contributed by atoms with Crippen LogP contribution >= 0.6 is 0 Å². The maximum atomic E-state index is 5.01. The first-order valence-electron chi connectivity index (χ1n) is 11.1. The van der Waals surface area contributed by atoms with Crippen LogP contribution in [0.4, 0.5) is 5.69 Å². The summed E-state index contributed by atoms with van der Waals surface area (Å²) >= 11 is 0. The van der Waals surface area contributed by atoms with Crippen molar-refractivity contribution in [2.75, 3.05) is 51.2 Å². The number of likely N-dealkylation sites (N-methyl/N-ethyl adjacent to an activating group) is 1. The van der Waals surface area contributed by atoms with E-state index in [1.165, 1.54) is 0 Å². The van der Waals surface area contributed by atoms with Gasteiger partial charge in [0.15, 0.2) is 11.5 Å². The van der Waals surface area contributed by atoms with Gasteiger partial charge in [0.25, 0.3) is 0 Å². The number of rotatable bonds is 3. The summed E-state index contributed by atoms with van der Waals surface area (Å²) in [4.78, 5) is 22.6. The van der Waals surface area contributed by atoms with Crippen molar-refractivity contribution in [3.8, 4) is 11.5 Å². The van der Waals surface area contributed by atoms with Crippen LogP contribution in [0.15, 0.2) is 24.5 Å². The van der Waals surface area contributed by atoms with Gasteiger partial charge in [0, 0.05) is 37.8 Å². The van der Waals surface area contributed by atoms with E-state index in [9.17, 15) is 0 Å². The monoisotopic (exact) mass is 417 g/mol. The lowest BCUT2D eigenvalue weighted by molar-refractivity contribution is 0.313. The quantitative estimate of drug-likeness (QED) is 0.469. The molecule has 4 aromatic rings. The molecule has 2 aliphatic heterocycles. The van der Waals surface area contributed by atoms with Crippen molar-refractivity contribution >= 4 is 27.8 Å². The van der Waals surface area contributed by atoms with Crippen LogP contribution in [-0.4, -0.2) is 81.3 Å². The molecule has 0 spiro atoms.